The molecule has 0 amide bonds. The molecule has 0 aromatic carbocycles. The molecule has 2 rings (SSSR count). The van der Waals surface area contributed by atoms with E-state index in [0.717, 1.165) is 37.1 Å². The maximum atomic E-state index is 9.90. The van der Waals surface area contributed by atoms with Crippen LogP contribution in [-0.2, 0) is 6.42 Å². The van der Waals surface area contributed by atoms with Gasteiger partial charge < -0.3 is 5.11 Å². The van der Waals surface area contributed by atoms with Gasteiger partial charge >= 0.3 is 0 Å². The van der Waals surface area contributed by atoms with Crippen LogP contribution in [0.15, 0.2) is 4.63 Å². The van der Waals surface area contributed by atoms with Crippen molar-refractivity contribution in [3.63, 3.8) is 0 Å². The zero-order valence-corrected chi connectivity index (χ0v) is 9.31. The minimum absolute atomic E-state index is 0.183. The van der Waals surface area contributed by atoms with E-state index < -0.39 is 0 Å². The molecule has 1 heterocycles. The summed E-state index contributed by atoms with van der Waals surface area (Å²) in [5.41, 5.74) is 1.74. The minimum atomic E-state index is -0.183. The lowest BCUT2D eigenvalue weighted by Gasteiger charge is -2.31. The molecule has 0 radical (unpaired) electrons. The Morgan fingerprint density at radius 3 is 2.87 bits per heavy atom. The van der Waals surface area contributed by atoms with E-state index >= 15 is 0 Å². The van der Waals surface area contributed by atoms with Crippen LogP contribution in [-0.4, -0.2) is 21.5 Å². The van der Waals surface area contributed by atoms with Gasteiger partial charge in [-0.3, -0.25) is 0 Å². The molecule has 3 atom stereocenters. The number of aliphatic hydroxyl groups is 1. The van der Waals surface area contributed by atoms with Crippen LogP contribution in [0.3, 0.4) is 0 Å². The van der Waals surface area contributed by atoms with Gasteiger partial charge in [0.25, 0.3) is 0 Å². The minimum Gasteiger partial charge on any atom is -0.393 e. The lowest BCUT2D eigenvalue weighted by atomic mass is 9.78. The molecule has 1 fully saturated rings. The predicted octanol–water partition coefficient (Wildman–Crippen LogP) is 1.72. The second kappa shape index (κ2) is 4.31. The summed E-state index contributed by atoms with van der Waals surface area (Å²) in [5, 5.41) is 17.5. The smallest absolute Gasteiger partial charge is 0.108 e. The molecule has 1 aliphatic rings. The van der Waals surface area contributed by atoms with Gasteiger partial charge in [-0.15, -0.1) is 0 Å². The van der Waals surface area contributed by atoms with E-state index in [1.54, 1.807) is 0 Å². The van der Waals surface area contributed by atoms with E-state index in [1.165, 1.54) is 0 Å². The number of aromatic nitrogens is 2. The lowest BCUT2D eigenvalue weighted by Crippen LogP contribution is -2.30. The molecule has 4 nitrogen and oxygen atoms in total. The Labute approximate surface area is 89.6 Å². The van der Waals surface area contributed by atoms with E-state index in [0.29, 0.717) is 11.8 Å². The van der Waals surface area contributed by atoms with Crippen molar-refractivity contribution in [1.29, 1.82) is 0 Å². The maximum Gasteiger partial charge on any atom is 0.108 e. The standard InChI is InChI=1S/C11H18N2O2/c1-7-3-4-11(14)9(5-7)6-10-8(2)12-15-13-10/h7,9,11,14H,3-6H2,1-2H3. The van der Waals surface area contributed by atoms with E-state index in [-0.39, 0.29) is 6.10 Å². The highest BCUT2D eigenvalue weighted by Crippen LogP contribution is 2.31. The van der Waals surface area contributed by atoms with Gasteiger partial charge in [0.2, 0.25) is 0 Å². The summed E-state index contributed by atoms with van der Waals surface area (Å²) in [6.07, 6.45) is 3.73. The van der Waals surface area contributed by atoms with E-state index in [9.17, 15) is 5.11 Å². The number of hydrogen-bond donors (Lipinski definition) is 1. The molecule has 0 spiro atoms. The lowest BCUT2D eigenvalue weighted by molar-refractivity contribution is 0.0510. The van der Waals surface area contributed by atoms with Crippen LogP contribution in [0.2, 0.25) is 0 Å². The fourth-order valence-electron chi connectivity index (χ4n) is 2.39. The molecule has 84 valence electrons. The van der Waals surface area contributed by atoms with Crippen molar-refractivity contribution in [1.82, 2.24) is 10.3 Å². The van der Waals surface area contributed by atoms with Crippen LogP contribution in [0.1, 0.15) is 37.6 Å². The first-order chi connectivity index (χ1) is 7.16. The van der Waals surface area contributed by atoms with Gasteiger partial charge in [0.15, 0.2) is 0 Å². The average molecular weight is 210 g/mol. The molecule has 1 aromatic rings. The summed E-state index contributed by atoms with van der Waals surface area (Å²) in [6.45, 7) is 4.14. The summed E-state index contributed by atoms with van der Waals surface area (Å²) >= 11 is 0. The van der Waals surface area contributed by atoms with E-state index in [2.05, 4.69) is 21.9 Å². The Morgan fingerprint density at radius 1 is 1.40 bits per heavy atom. The number of nitrogens with zero attached hydrogens (tertiary/aromatic N) is 2. The summed E-state index contributed by atoms with van der Waals surface area (Å²) in [6, 6.07) is 0. The zero-order valence-electron chi connectivity index (χ0n) is 9.31. The highest BCUT2D eigenvalue weighted by molar-refractivity contribution is 5.06. The Hall–Kier alpha value is -0.900. The van der Waals surface area contributed by atoms with Crippen molar-refractivity contribution in [3.8, 4) is 0 Å². The van der Waals surface area contributed by atoms with Crippen molar-refractivity contribution in [2.75, 3.05) is 0 Å². The Morgan fingerprint density at radius 2 is 2.20 bits per heavy atom. The van der Waals surface area contributed by atoms with E-state index in [4.69, 9.17) is 0 Å². The van der Waals surface area contributed by atoms with Gasteiger partial charge in [-0.1, -0.05) is 17.2 Å². The van der Waals surface area contributed by atoms with Crippen LogP contribution in [0.5, 0.6) is 0 Å². The van der Waals surface area contributed by atoms with Gasteiger partial charge in [0.1, 0.15) is 11.4 Å². The summed E-state index contributed by atoms with van der Waals surface area (Å²) in [5.74, 6) is 1.03. The fraction of sp³-hybridized carbons (Fsp3) is 0.818. The number of aryl methyl sites for hydroxylation is 1. The molecule has 1 saturated carbocycles. The first-order valence-corrected chi connectivity index (χ1v) is 5.63. The van der Waals surface area contributed by atoms with Crippen LogP contribution >= 0.6 is 0 Å². The first-order valence-electron chi connectivity index (χ1n) is 5.63. The molecule has 15 heavy (non-hydrogen) atoms. The number of rotatable bonds is 2. The molecule has 3 unspecified atom stereocenters. The Kier molecular flexibility index (Phi) is 3.05. The van der Waals surface area contributed by atoms with Crippen molar-refractivity contribution < 1.29 is 9.74 Å². The summed E-state index contributed by atoms with van der Waals surface area (Å²) < 4.78 is 4.67. The molecule has 1 aliphatic carbocycles. The van der Waals surface area contributed by atoms with E-state index in [1.807, 2.05) is 6.92 Å². The molecule has 0 saturated heterocycles. The van der Waals surface area contributed by atoms with Crippen LogP contribution in [0, 0.1) is 18.8 Å². The second-order valence-corrected chi connectivity index (χ2v) is 4.75. The first kappa shape index (κ1) is 10.6. The molecule has 0 aliphatic heterocycles. The van der Waals surface area contributed by atoms with Gasteiger partial charge in [0, 0.05) is 6.42 Å². The molecule has 4 heteroatoms. The number of hydrogen-bond acceptors (Lipinski definition) is 4. The summed E-state index contributed by atoms with van der Waals surface area (Å²) in [4.78, 5) is 0. The second-order valence-electron chi connectivity index (χ2n) is 4.75. The molecular formula is C11H18N2O2. The van der Waals surface area contributed by atoms with Crippen molar-refractivity contribution in [3.05, 3.63) is 11.4 Å². The molecule has 1 aromatic heterocycles. The number of aliphatic hydroxyl groups excluding tert-OH is 1. The van der Waals surface area contributed by atoms with Crippen LogP contribution < -0.4 is 0 Å². The highest BCUT2D eigenvalue weighted by atomic mass is 16.6. The highest BCUT2D eigenvalue weighted by Gasteiger charge is 2.28. The monoisotopic (exact) mass is 210 g/mol. The molecule has 0 bridgehead atoms. The maximum absolute atomic E-state index is 9.90. The van der Waals surface area contributed by atoms with Gasteiger partial charge in [-0.2, -0.15) is 0 Å². The Bertz CT molecular complexity index is 324. The largest absolute Gasteiger partial charge is 0.393 e. The predicted molar refractivity (Wildman–Crippen MR) is 55.3 cm³/mol. The average Bonchev–Trinajstić information content (AvgIpc) is 2.58. The molecule has 1 N–H and O–H groups in total. The normalized spacial score (nSPS) is 31.8. The third kappa shape index (κ3) is 2.37. The summed E-state index contributed by atoms with van der Waals surface area (Å²) in [7, 11) is 0. The van der Waals surface area contributed by atoms with Gasteiger partial charge in [-0.05, 0) is 38.0 Å². The molecular weight excluding hydrogens is 192 g/mol. The SMILES string of the molecule is Cc1nonc1CC1CC(C)CCC1O. The third-order valence-electron chi connectivity index (χ3n) is 3.41. The fourth-order valence-corrected chi connectivity index (χ4v) is 2.39. The quantitative estimate of drug-likeness (QED) is 0.807. The van der Waals surface area contributed by atoms with Crippen molar-refractivity contribution in [2.45, 2.75) is 45.6 Å². The zero-order chi connectivity index (χ0) is 10.8. The van der Waals surface area contributed by atoms with Crippen molar-refractivity contribution >= 4 is 0 Å². The third-order valence-corrected chi connectivity index (χ3v) is 3.41. The van der Waals surface area contributed by atoms with Crippen molar-refractivity contribution in [2.24, 2.45) is 11.8 Å². The van der Waals surface area contributed by atoms with Crippen LogP contribution in [0.25, 0.3) is 0 Å². The topological polar surface area (TPSA) is 59.2 Å². The van der Waals surface area contributed by atoms with Gasteiger partial charge in [-0.25, -0.2) is 4.63 Å². The van der Waals surface area contributed by atoms with Crippen LogP contribution in [0.4, 0.5) is 0 Å². The van der Waals surface area contributed by atoms with Gasteiger partial charge in [0.05, 0.1) is 6.10 Å². The Balaban J connectivity index is 2.01.